The first-order valence-corrected chi connectivity index (χ1v) is 9.09. The summed E-state index contributed by atoms with van der Waals surface area (Å²) in [6, 6.07) is 8.03. The smallest absolute Gasteiger partial charge is 0.191 e. The Morgan fingerprint density at radius 3 is 2.92 bits per heavy atom. The Labute approximate surface area is 146 Å². The van der Waals surface area contributed by atoms with Gasteiger partial charge in [0.05, 0.1) is 13.7 Å². The van der Waals surface area contributed by atoms with Gasteiger partial charge in [0.2, 0.25) is 0 Å². The van der Waals surface area contributed by atoms with Crippen LogP contribution in [0.25, 0.3) is 0 Å². The van der Waals surface area contributed by atoms with E-state index in [9.17, 15) is 0 Å². The normalized spacial score (nSPS) is 19.1. The highest BCUT2D eigenvalue weighted by atomic mass is 16.5. The molecule has 0 radical (unpaired) electrons. The number of ether oxygens (including phenoxy) is 1. The van der Waals surface area contributed by atoms with Crippen LogP contribution in [0, 0.1) is 5.92 Å². The molecule has 1 aliphatic heterocycles. The Hall–Kier alpha value is -1.75. The van der Waals surface area contributed by atoms with Gasteiger partial charge in [0, 0.05) is 31.7 Å². The van der Waals surface area contributed by atoms with E-state index in [-0.39, 0.29) is 0 Å². The number of guanidine groups is 1. The first-order chi connectivity index (χ1) is 11.7. The molecule has 2 N–H and O–H groups in total. The number of benzene rings is 1. The maximum absolute atomic E-state index is 5.39. The van der Waals surface area contributed by atoms with Gasteiger partial charge < -0.3 is 20.3 Å². The molecule has 5 nitrogen and oxygen atoms in total. The molecule has 0 amide bonds. The Kier molecular flexibility index (Phi) is 7.89. The monoisotopic (exact) mass is 332 g/mol. The Bertz CT molecular complexity index is 518. The molecule has 0 spiro atoms. The number of methoxy groups -OCH3 is 1. The molecule has 1 heterocycles. The molecule has 0 aromatic heterocycles. The highest BCUT2D eigenvalue weighted by Gasteiger charge is 2.15. The van der Waals surface area contributed by atoms with Crippen LogP contribution in [0.5, 0.6) is 5.75 Å². The number of aliphatic imine (C=N–C) groups is 1. The minimum atomic E-state index is 0.611. The largest absolute Gasteiger partial charge is 0.496 e. The van der Waals surface area contributed by atoms with Crippen molar-refractivity contribution in [2.75, 3.05) is 39.8 Å². The maximum atomic E-state index is 5.39. The highest BCUT2D eigenvalue weighted by Crippen LogP contribution is 2.18. The number of hydrogen-bond acceptors (Lipinski definition) is 3. The SMILES string of the molecule is CCNC(=NCc1ccccc1OC)NCCN1CCCC(C)C1. The molecule has 1 aliphatic rings. The molecule has 1 aromatic rings. The number of rotatable bonds is 7. The van der Waals surface area contributed by atoms with Crippen molar-refractivity contribution in [3.8, 4) is 5.75 Å². The quantitative estimate of drug-likeness (QED) is 0.595. The van der Waals surface area contributed by atoms with Crippen LogP contribution in [0.2, 0.25) is 0 Å². The minimum absolute atomic E-state index is 0.611. The van der Waals surface area contributed by atoms with Gasteiger partial charge in [0.25, 0.3) is 0 Å². The van der Waals surface area contributed by atoms with Crippen molar-refractivity contribution in [2.45, 2.75) is 33.2 Å². The third-order valence-electron chi connectivity index (χ3n) is 4.41. The third-order valence-corrected chi connectivity index (χ3v) is 4.41. The summed E-state index contributed by atoms with van der Waals surface area (Å²) in [4.78, 5) is 7.23. The zero-order valence-electron chi connectivity index (χ0n) is 15.3. The lowest BCUT2D eigenvalue weighted by atomic mass is 10.0. The highest BCUT2D eigenvalue weighted by molar-refractivity contribution is 5.79. The molecule has 0 bridgehead atoms. The van der Waals surface area contributed by atoms with Gasteiger partial charge in [-0.2, -0.15) is 0 Å². The zero-order valence-corrected chi connectivity index (χ0v) is 15.3. The van der Waals surface area contributed by atoms with Gasteiger partial charge in [-0.3, -0.25) is 0 Å². The molecule has 1 fully saturated rings. The standard InChI is InChI=1S/C19H32N4O/c1-4-20-19(21-11-13-23-12-7-8-16(2)15-23)22-14-17-9-5-6-10-18(17)24-3/h5-6,9-10,16H,4,7-8,11-15H2,1-3H3,(H2,20,21,22). The summed E-state index contributed by atoms with van der Waals surface area (Å²) in [6.07, 6.45) is 2.69. The lowest BCUT2D eigenvalue weighted by molar-refractivity contribution is 0.187. The second kappa shape index (κ2) is 10.2. The van der Waals surface area contributed by atoms with Crippen molar-refractivity contribution in [2.24, 2.45) is 10.9 Å². The molecule has 0 saturated carbocycles. The lowest BCUT2D eigenvalue weighted by Crippen LogP contribution is -2.43. The summed E-state index contributed by atoms with van der Waals surface area (Å²) < 4.78 is 5.39. The van der Waals surface area contributed by atoms with Crippen molar-refractivity contribution in [3.63, 3.8) is 0 Å². The molecule has 134 valence electrons. The second-order valence-corrected chi connectivity index (χ2v) is 6.48. The summed E-state index contributed by atoms with van der Waals surface area (Å²) in [7, 11) is 1.70. The number of para-hydroxylation sites is 1. The van der Waals surface area contributed by atoms with Crippen LogP contribution in [0.1, 0.15) is 32.3 Å². The lowest BCUT2D eigenvalue weighted by Gasteiger charge is -2.30. The van der Waals surface area contributed by atoms with E-state index < -0.39 is 0 Å². The third kappa shape index (κ3) is 6.04. The molecular weight excluding hydrogens is 300 g/mol. The van der Waals surface area contributed by atoms with Crippen LogP contribution in [0.15, 0.2) is 29.3 Å². The summed E-state index contributed by atoms with van der Waals surface area (Å²) >= 11 is 0. The molecule has 1 aromatic carbocycles. The van der Waals surface area contributed by atoms with Gasteiger partial charge in [0.15, 0.2) is 5.96 Å². The number of likely N-dealkylation sites (tertiary alicyclic amines) is 1. The van der Waals surface area contributed by atoms with E-state index >= 15 is 0 Å². The molecule has 1 atom stereocenters. The van der Waals surface area contributed by atoms with Gasteiger partial charge >= 0.3 is 0 Å². The van der Waals surface area contributed by atoms with Gasteiger partial charge in [-0.05, 0) is 38.3 Å². The van der Waals surface area contributed by atoms with E-state index in [4.69, 9.17) is 4.74 Å². The van der Waals surface area contributed by atoms with E-state index in [1.165, 1.54) is 25.9 Å². The van der Waals surface area contributed by atoms with E-state index in [0.29, 0.717) is 6.54 Å². The van der Waals surface area contributed by atoms with Crippen molar-refractivity contribution in [1.82, 2.24) is 15.5 Å². The first-order valence-electron chi connectivity index (χ1n) is 9.09. The molecule has 2 rings (SSSR count). The first kappa shape index (κ1) is 18.6. The van der Waals surface area contributed by atoms with Crippen LogP contribution in [-0.2, 0) is 6.54 Å². The fourth-order valence-corrected chi connectivity index (χ4v) is 3.16. The molecular formula is C19H32N4O. The molecule has 24 heavy (non-hydrogen) atoms. The Balaban J connectivity index is 1.84. The zero-order chi connectivity index (χ0) is 17.2. The fourth-order valence-electron chi connectivity index (χ4n) is 3.16. The number of nitrogens with one attached hydrogen (secondary N) is 2. The van der Waals surface area contributed by atoms with Crippen LogP contribution in [0.4, 0.5) is 0 Å². The molecule has 0 aliphatic carbocycles. The van der Waals surface area contributed by atoms with Gasteiger partial charge in [0.1, 0.15) is 5.75 Å². The molecule has 1 saturated heterocycles. The van der Waals surface area contributed by atoms with Crippen molar-refractivity contribution < 1.29 is 4.74 Å². The maximum Gasteiger partial charge on any atom is 0.191 e. The van der Waals surface area contributed by atoms with Crippen LogP contribution in [-0.4, -0.2) is 50.7 Å². The van der Waals surface area contributed by atoms with Crippen LogP contribution >= 0.6 is 0 Å². The average molecular weight is 332 g/mol. The molecule has 1 unspecified atom stereocenters. The van der Waals surface area contributed by atoms with Crippen molar-refractivity contribution >= 4 is 5.96 Å². The van der Waals surface area contributed by atoms with Gasteiger partial charge in [-0.1, -0.05) is 25.1 Å². The summed E-state index contributed by atoms with van der Waals surface area (Å²) in [5.74, 6) is 2.58. The minimum Gasteiger partial charge on any atom is -0.496 e. The molecule has 5 heteroatoms. The predicted molar refractivity (Wildman–Crippen MR) is 101 cm³/mol. The van der Waals surface area contributed by atoms with Crippen molar-refractivity contribution in [1.29, 1.82) is 0 Å². The van der Waals surface area contributed by atoms with E-state index in [2.05, 4.69) is 40.4 Å². The topological polar surface area (TPSA) is 48.9 Å². The number of hydrogen-bond donors (Lipinski definition) is 2. The van der Waals surface area contributed by atoms with Crippen molar-refractivity contribution in [3.05, 3.63) is 29.8 Å². The van der Waals surface area contributed by atoms with Gasteiger partial charge in [-0.25, -0.2) is 4.99 Å². The summed E-state index contributed by atoms with van der Waals surface area (Å²) in [5, 5.41) is 6.76. The Morgan fingerprint density at radius 1 is 1.33 bits per heavy atom. The summed E-state index contributed by atoms with van der Waals surface area (Å²) in [6.45, 7) is 10.3. The Morgan fingerprint density at radius 2 is 2.17 bits per heavy atom. The number of nitrogens with zero attached hydrogens (tertiary/aromatic N) is 2. The fraction of sp³-hybridized carbons (Fsp3) is 0.632. The van der Waals surface area contributed by atoms with Crippen LogP contribution < -0.4 is 15.4 Å². The number of piperidine rings is 1. The van der Waals surface area contributed by atoms with E-state index in [1.807, 2.05) is 18.2 Å². The second-order valence-electron chi connectivity index (χ2n) is 6.48. The summed E-state index contributed by atoms with van der Waals surface area (Å²) in [5.41, 5.74) is 1.10. The van der Waals surface area contributed by atoms with E-state index in [0.717, 1.165) is 42.8 Å². The van der Waals surface area contributed by atoms with E-state index in [1.54, 1.807) is 7.11 Å². The predicted octanol–water partition coefficient (Wildman–Crippen LogP) is 2.48. The van der Waals surface area contributed by atoms with Gasteiger partial charge in [-0.15, -0.1) is 0 Å². The average Bonchev–Trinajstić information content (AvgIpc) is 2.60. The van der Waals surface area contributed by atoms with Crippen LogP contribution in [0.3, 0.4) is 0 Å².